The van der Waals surface area contributed by atoms with E-state index in [2.05, 4.69) is 73.7 Å². The number of hydrogen-bond donors (Lipinski definition) is 0. The standard InChI is InChI=1S/C32H34F2O/c1-3-6-23-9-15-26(16-10-23)27-17-11-24(12-18-27)7-4-5-8-25-13-19-28(20-14-25)29-21-22-30(35-2)32(34)31(29)33/h5,8-12,15-19,21-22,25H,3-4,6-7,13-14,20H2,1-2H3. The van der Waals surface area contributed by atoms with Crippen molar-refractivity contribution in [2.45, 2.75) is 51.9 Å². The highest BCUT2D eigenvalue weighted by Crippen LogP contribution is 2.34. The van der Waals surface area contributed by atoms with E-state index in [0.29, 0.717) is 11.5 Å². The second kappa shape index (κ2) is 12.0. The molecule has 0 amide bonds. The van der Waals surface area contributed by atoms with Gasteiger partial charge in [0.15, 0.2) is 11.6 Å². The first kappa shape index (κ1) is 24.9. The van der Waals surface area contributed by atoms with E-state index in [4.69, 9.17) is 4.74 Å². The van der Waals surface area contributed by atoms with Crippen LogP contribution in [0, 0.1) is 17.6 Å². The van der Waals surface area contributed by atoms with E-state index >= 15 is 0 Å². The van der Waals surface area contributed by atoms with Crippen molar-refractivity contribution < 1.29 is 13.5 Å². The molecule has 0 fully saturated rings. The quantitative estimate of drug-likeness (QED) is 0.282. The van der Waals surface area contributed by atoms with E-state index in [1.807, 2.05) is 0 Å². The summed E-state index contributed by atoms with van der Waals surface area (Å²) in [6.07, 6.45) is 13.5. The van der Waals surface area contributed by atoms with Crippen molar-refractivity contribution in [3.8, 4) is 16.9 Å². The lowest BCUT2D eigenvalue weighted by Gasteiger charge is -2.20. The molecule has 0 heterocycles. The largest absolute Gasteiger partial charge is 0.494 e. The molecule has 3 heteroatoms. The van der Waals surface area contributed by atoms with Crippen LogP contribution in [0.25, 0.3) is 16.7 Å². The van der Waals surface area contributed by atoms with Crippen LogP contribution in [0.3, 0.4) is 0 Å². The second-order valence-corrected chi connectivity index (χ2v) is 9.32. The molecule has 3 aromatic rings. The molecule has 1 nitrogen and oxygen atoms in total. The Morgan fingerprint density at radius 1 is 0.857 bits per heavy atom. The zero-order valence-corrected chi connectivity index (χ0v) is 20.7. The summed E-state index contributed by atoms with van der Waals surface area (Å²) in [7, 11) is 1.34. The van der Waals surface area contributed by atoms with Crippen molar-refractivity contribution in [1.82, 2.24) is 0 Å². The number of halogens is 2. The van der Waals surface area contributed by atoms with Crippen molar-refractivity contribution in [3.05, 3.63) is 107 Å². The van der Waals surface area contributed by atoms with Crippen molar-refractivity contribution in [1.29, 1.82) is 0 Å². The van der Waals surface area contributed by atoms with Gasteiger partial charge in [0.2, 0.25) is 5.82 Å². The molecule has 0 saturated carbocycles. The Hall–Kier alpha value is -3.20. The fourth-order valence-electron chi connectivity index (χ4n) is 4.77. The molecule has 0 bridgehead atoms. The Morgan fingerprint density at radius 3 is 2.09 bits per heavy atom. The zero-order valence-electron chi connectivity index (χ0n) is 20.7. The number of ether oxygens (including phenoxy) is 1. The molecule has 1 unspecified atom stereocenters. The van der Waals surface area contributed by atoms with Crippen LogP contribution in [0.1, 0.15) is 55.7 Å². The van der Waals surface area contributed by atoms with Gasteiger partial charge in [0.1, 0.15) is 0 Å². The maximum absolute atomic E-state index is 14.4. The predicted octanol–water partition coefficient (Wildman–Crippen LogP) is 8.97. The van der Waals surface area contributed by atoms with Crippen LogP contribution >= 0.6 is 0 Å². The number of benzene rings is 3. The van der Waals surface area contributed by atoms with E-state index in [1.165, 1.54) is 41.9 Å². The van der Waals surface area contributed by atoms with Gasteiger partial charge < -0.3 is 4.74 Å². The maximum atomic E-state index is 14.4. The lowest BCUT2D eigenvalue weighted by Crippen LogP contribution is -2.05. The molecule has 3 aromatic carbocycles. The van der Waals surface area contributed by atoms with Crippen molar-refractivity contribution >= 4 is 5.57 Å². The molecule has 0 saturated heterocycles. The number of methoxy groups -OCH3 is 1. The molecular weight excluding hydrogens is 438 g/mol. The van der Waals surface area contributed by atoms with Gasteiger partial charge in [-0.05, 0) is 84.4 Å². The summed E-state index contributed by atoms with van der Waals surface area (Å²) in [6, 6.07) is 20.9. The Labute approximate surface area is 208 Å². The minimum atomic E-state index is -0.911. The third-order valence-electron chi connectivity index (χ3n) is 6.85. The second-order valence-electron chi connectivity index (χ2n) is 9.32. The van der Waals surface area contributed by atoms with Crippen molar-refractivity contribution in [2.24, 2.45) is 5.92 Å². The molecule has 0 radical (unpaired) electrons. The number of aryl methyl sites for hydroxylation is 2. The van der Waals surface area contributed by atoms with Crippen molar-refractivity contribution in [2.75, 3.05) is 7.11 Å². The Kier molecular flexibility index (Phi) is 8.52. The minimum Gasteiger partial charge on any atom is -0.494 e. The molecular formula is C32H34F2O. The van der Waals surface area contributed by atoms with Crippen LogP contribution in [-0.2, 0) is 12.8 Å². The third kappa shape index (κ3) is 6.28. The third-order valence-corrected chi connectivity index (χ3v) is 6.85. The average molecular weight is 473 g/mol. The summed E-state index contributed by atoms with van der Waals surface area (Å²) >= 11 is 0. The fourth-order valence-corrected chi connectivity index (χ4v) is 4.77. The van der Waals surface area contributed by atoms with Gasteiger partial charge in [-0.2, -0.15) is 4.39 Å². The zero-order chi connectivity index (χ0) is 24.6. The Bertz CT molecular complexity index is 1170. The topological polar surface area (TPSA) is 9.23 Å². The van der Waals surface area contributed by atoms with Crippen LogP contribution in [-0.4, -0.2) is 7.11 Å². The van der Waals surface area contributed by atoms with E-state index < -0.39 is 11.6 Å². The predicted molar refractivity (Wildman–Crippen MR) is 142 cm³/mol. The van der Waals surface area contributed by atoms with E-state index in [9.17, 15) is 8.78 Å². The lowest BCUT2D eigenvalue weighted by atomic mass is 9.86. The molecule has 0 aliphatic heterocycles. The van der Waals surface area contributed by atoms with Gasteiger partial charge in [-0.25, -0.2) is 4.39 Å². The molecule has 0 aromatic heterocycles. The van der Waals surface area contributed by atoms with Gasteiger partial charge in [0, 0.05) is 5.56 Å². The van der Waals surface area contributed by atoms with Gasteiger partial charge in [0.05, 0.1) is 7.11 Å². The number of hydrogen-bond acceptors (Lipinski definition) is 1. The molecule has 1 aliphatic rings. The maximum Gasteiger partial charge on any atom is 0.201 e. The normalized spacial score (nSPS) is 15.9. The molecule has 182 valence electrons. The summed E-state index contributed by atoms with van der Waals surface area (Å²) in [6.45, 7) is 2.21. The molecule has 35 heavy (non-hydrogen) atoms. The van der Waals surface area contributed by atoms with Crippen LogP contribution in [0.2, 0.25) is 0 Å². The highest BCUT2D eigenvalue weighted by Gasteiger charge is 2.20. The summed E-state index contributed by atoms with van der Waals surface area (Å²) in [4.78, 5) is 0. The molecule has 0 N–H and O–H groups in total. The average Bonchev–Trinajstić information content (AvgIpc) is 2.90. The molecule has 0 spiro atoms. The first-order valence-electron chi connectivity index (χ1n) is 12.6. The van der Waals surface area contributed by atoms with Crippen LogP contribution in [0.4, 0.5) is 8.78 Å². The van der Waals surface area contributed by atoms with E-state index in [-0.39, 0.29) is 5.75 Å². The SMILES string of the molecule is CCCc1ccc(-c2ccc(CCC=CC3CC=C(c4ccc(OC)c(F)c4F)CC3)cc2)cc1. The smallest absolute Gasteiger partial charge is 0.201 e. The molecule has 4 rings (SSSR count). The lowest BCUT2D eigenvalue weighted by molar-refractivity contribution is 0.371. The van der Waals surface area contributed by atoms with Gasteiger partial charge in [0.25, 0.3) is 0 Å². The highest BCUT2D eigenvalue weighted by atomic mass is 19.2. The summed E-state index contributed by atoms with van der Waals surface area (Å²) in [5.41, 5.74) is 6.48. The van der Waals surface area contributed by atoms with Gasteiger partial charge in [-0.3, -0.25) is 0 Å². The van der Waals surface area contributed by atoms with Crippen molar-refractivity contribution in [3.63, 3.8) is 0 Å². The van der Waals surface area contributed by atoms with E-state index in [1.54, 1.807) is 6.07 Å². The van der Waals surface area contributed by atoms with Gasteiger partial charge in [-0.1, -0.05) is 80.1 Å². The van der Waals surface area contributed by atoms with Gasteiger partial charge >= 0.3 is 0 Å². The molecule has 1 aliphatic carbocycles. The molecule has 1 atom stereocenters. The first-order chi connectivity index (χ1) is 17.1. The van der Waals surface area contributed by atoms with Crippen LogP contribution < -0.4 is 4.74 Å². The summed E-state index contributed by atoms with van der Waals surface area (Å²) in [5.74, 6) is -1.34. The Morgan fingerprint density at radius 2 is 1.51 bits per heavy atom. The van der Waals surface area contributed by atoms with Crippen LogP contribution in [0.5, 0.6) is 5.75 Å². The highest BCUT2D eigenvalue weighted by molar-refractivity contribution is 5.67. The van der Waals surface area contributed by atoms with Crippen LogP contribution in [0.15, 0.2) is 78.9 Å². The van der Waals surface area contributed by atoms with Gasteiger partial charge in [-0.15, -0.1) is 0 Å². The fraction of sp³-hybridized carbons (Fsp3) is 0.312. The summed E-state index contributed by atoms with van der Waals surface area (Å²) in [5, 5.41) is 0. The minimum absolute atomic E-state index is 0.0563. The number of rotatable bonds is 9. The Balaban J connectivity index is 1.27. The monoisotopic (exact) mass is 472 g/mol. The van der Waals surface area contributed by atoms with E-state index in [0.717, 1.165) is 44.1 Å². The number of allylic oxidation sites excluding steroid dienone is 4. The summed E-state index contributed by atoms with van der Waals surface area (Å²) < 4.78 is 33.3. The first-order valence-corrected chi connectivity index (χ1v) is 12.6.